The molecule has 0 fully saturated rings. The van der Waals surface area contributed by atoms with E-state index in [1.165, 1.54) is 9.87 Å². The maximum absolute atomic E-state index is 12.6. The Morgan fingerprint density at radius 1 is 1.15 bits per heavy atom. The second-order valence-corrected chi connectivity index (χ2v) is 6.75. The fraction of sp³-hybridized carbons (Fsp3) is 0.600. The summed E-state index contributed by atoms with van der Waals surface area (Å²) in [5.74, 6) is 0. The molecule has 0 spiro atoms. The van der Waals surface area contributed by atoms with Crippen molar-refractivity contribution in [3.05, 3.63) is 29.3 Å². The summed E-state index contributed by atoms with van der Waals surface area (Å²) in [7, 11) is -1.50. The number of hydrogen-bond acceptors (Lipinski definition) is 3. The molecule has 20 heavy (non-hydrogen) atoms. The maximum Gasteiger partial charge on any atom is 0.243 e. The highest BCUT2D eigenvalue weighted by Crippen LogP contribution is 2.20. The normalized spacial score (nSPS) is 12.1. The van der Waals surface area contributed by atoms with Crippen LogP contribution in [0.2, 0.25) is 0 Å². The van der Waals surface area contributed by atoms with Gasteiger partial charge in [0.2, 0.25) is 10.0 Å². The molecule has 0 amide bonds. The quantitative estimate of drug-likeness (QED) is 0.801. The molecular formula is C15H26N2O2S. The summed E-state index contributed by atoms with van der Waals surface area (Å²) in [5, 5.41) is 3.10. The number of benzene rings is 1. The summed E-state index contributed by atoms with van der Waals surface area (Å²) in [6.07, 6.45) is 1.73. The summed E-state index contributed by atoms with van der Waals surface area (Å²) in [6.45, 7) is 7.71. The molecule has 0 atom stereocenters. The highest BCUT2D eigenvalue weighted by molar-refractivity contribution is 7.89. The predicted octanol–water partition coefficient (Wildman–Crippen LogP) is 2.39. The molecular weight excluding hydrogens is 272 g/mol. The van der Waals surface area contributed by atoms with Crippen LogP contribution in [-0.2, 0) is 23.0 Å². The van der Waals surface area contributed by atoms with Crippen molar-refractivity contribution >= 4 is 10.0 Å². The maximum atomic E-state index is 12.6. The Hall–Kier alpha value is -0.910. The van der Waals surface area contributed by atoms with E-state index < -0.39 is 10.0 Å². The van der Waals surface area contributed by atoms with Gasteiger partial charge in [-0.05, 0) is 43.1 Å². The van der Waals surface area contributed by atoms with Gasteiger partial charge in [-0.2, -0.15) is 4.31 Å². The molecule has 4 nitrogen and oxygen atoms in total. The van der Waals surface area contributed by atoms with Gasteiger partial charge in [0.05, 0.1) is 4.90 Å². The second kappa shape index (κ2) is 7.76. The van der Waals surface area contributed by atoms with Crippen LogP contribution in [0.5, 0.6) is 0 Å². The number of rotatable bonds is 8. The van der Waals surface area contributed by atoms with E-state index in [9.17, 15) is 8.42 Å². The number of hydrogen-bond donors (Lipinski definition) is 1. The summed E-state index contributed by atoms with van der Waals surface area (Å²) >= 11 is 0. The van der Waals surface area contributed by atoms with Crippen molar-refractivity contribution in [1.29, 1.82) is 0 Å². The van der Waals surface area contributed by atoms with Gasteiger partial charge in [-0.3, -0.25) is 0 Å². The van der Waals surface area contributed by atoms with Crippen LogP contribution in [-0.4, -0.2) is 32.9 Å². The van der Waals surface area contributed by atoms with Crippen LogP contribution in [0.4, 0.5) is 0 Å². The zero-order valence-electron chi connectivity index (χ0n) is 12.9. The van der Waals surface area contributed by atoms with Gasteiger partial charge >= 0.3 is 0 Å². The molecule has 0 heterocycles. The Balaban J connectivity index is 3.21. The van der Waals surface area contributed by atoms with Crippen molar-refractivity contribution in [2.24, 2.45) is 0 Å². The average molecular weight is 298 g/mol. The van der Waals surface area contributed by atoms with E-state index in [-0.39, 0.29) is 0 Å². The van der Waals surface area contributed by atoms with Crippen molar-refractivity contribution in [3.63, 3.8) is 0 Å². The van der Waals surface area contributed by atoms with Gasteiger partial charge in [0.15, 0.2) is 0 Å². The molecule has 114 valence electrons. The summed E-state index contributed by atoms with van der Waals surface area (Å²) in [6, 6.07) is 5.47. The minimum Gasteiger partial charge on any atom is -0.316 e. The van der Waals surface area contributed by atoms with Gasteiger partial charge in [-0.1, -0.05) is 26.8 Å². The van der Waals surface area contributed by atoms with E-state index >= 15 is 0 Å². The molecule has 0 aliphatic rings. The van der Waals surface area contributed by atoms with E-state index in [1.54, 1.807) is 6.07 Å². The first kappa shape index (κ1) is 17.1. The van der Waals surface area contributed by atoms with Crippen LogP contribution in [0.15, 0.2) is 23.1 Å². The molecule has 1 N–H and O–H groups in total. The first-order chi connectivity index (χ1) is 9.51. The molecule has 0 saturated heterocycles. The van der Waals surface area contributed by atoms with E-state index in [4.69, 9.17) is 0 Å². The highest BCUT2D eigenvalue weighted by atomic mass is 32.2. The van der Waals surface area contributed by atoms with Crippen molar-refractivity contribution in [1.82, 2.24) is 9.62 Å². The Morgan fingerprint density at radius 2 is 1.85 bits per heavy atom. The lowest BCUT2D eigenvalue weighted by Gasteiger charge is -2.20. The minimum absolute atomic E-state index is 0.398. The second-order valence-electron chi connectivity index (χ2n) is 4.81. The summed E-state index contributed by atoms with van der Waals surface area (Å²) in [4.78, 5) is 0.398. The zero-order valence-corrected chi connectivity index (χ0v) is 13.8. The number of nitrogens with one attached hydrogen (secondary N) is 1. The number of sulfonamides is 1. The Bertz CT molecular complexity index is 527. The van der Waals surface area contributed by atoms with E-state index in [0.717, 1.165) is 18.4 Å². The van der Waals surface area contributed by atoms with Crippen molar-refractivity contribution in [2.45, 2.75) is 45.1 Å². The molecule has 0 radical (unpaired) electrons. The third-order valence-corrected chi connectivity index (χ3v) is 5.36. The number of nitrogens with zero attached hydrogens (tertiary/aromatic N) is 1. The van der Waals surface area contributed by atoms with Crippen molar-refractivity contribution in [2.75, 3.05) is 20.1 Å². The van der Waals surface area contributed by atoms with Gasteiger partial charge in [0.25, 0.3) is 0 Å². The monoisotopic (exact) mass is 298 g/mol. The van der Waals surface area contributed by atoms with Gasteiger partial charge in [0, 0.05) is 19.6 Å². The smallest absolute Gasteiger partial charge is 0.243 e. The summed E-state index contributed by atoms with van der Waals surface area (Å²) in [5.41, 5.74) is 2.25. The Kier molecular flexibility index (Phi) is 6.65. The summed E-state index contributed by atoms with van der Waals surface area (Å²) < 4.78 is 26.8. The third kappa shape index (κ3) is 3.81. The fourth-order valence-corrected chi connectivity index (χ4v) is 3.90. The number of aryl methyl sites for hydroxylation is 1. The molecule has 1 aromatic rings. The van der Waals surface area contributed by atoms with Crippen LogP contribution in [0, 0.1) is 0 Å². The first-order valence-electron chi connectivity index (χ1n) is 7.27. The van der Waals surface area contributed by atoms with Crippen molar-refractivity contribution in [3.8, 4) is 0 Å². The molecule has 0 aromatic heterocycles. The lowest BCUT2D eigenvalue weighted by molar-refractivity contribution is 0.427. The standard InChI is InChI=1S/C15H26N2O2S/c1-5-10-17(7-3)20(18,19)15-9-8-13(6-2)14(11-15)12-16-4/h8-9,11,16H,5-7,10,12H2,1-4H3. The van der Waals surface area contributed by atoms with E-state index in [2.05, 4.69) is 12.2 Å². The van der Waals surface area contributed by atoms with Gasteiger partial charge in [-0.25, -0.2) is 8.42 Å². The van der Waals surface area contributed by atoms with E-state index in [1.807, 2.05) is 33.0 Å². The molecule has 0 unspecified atom stereocenters. The third-order valence-electron chi connectivity index (χ3n) is 3.39. The minimum atomic E-state index is -3.37. The van der Waals surface area contributed by atoms with Gasteiger partial charge in [0.1, 0.15) is 0 Å². The lowest BCUT2D eigenvalue weighted by atomic mass is 10.1. The zero-order chi connectivity index (χ0) is 15.2. The molecule has 0 saturated carbocycles. The van der Waals surface area contributed by atoms with Crippen LogP contribution >= 0.6 is 0 Å². The van der Waals surface area contributed by atoms with Gasteiger partial charge < -0.3 is 5.32 Å². The van der Waals surface area contributed by atoms with E-state index in [0.29, 0.717) is 24.5 Å². The molecule has 0 aliphatic heterocycles. The topological polar surface area (TPSA) is 49.4 Å². The van der Waals surface area contributed by atoms with Crippen molar-refractivity contribution < 1.29 is 8.42 Å². The predicted molar refractivity (Wildman–Crippen MR) is 83.3 cm³/mol. The molecule has 0 aliphatic carbocycles. The largest absolute Gasteiger partial charge is 0.316 e. The molecule has 1 aromatic carbocycles. The molecule has 1 rings (SSSR count). The van der Waals surface area contributed by atoms with Crippen LogP contribution < -0.4 is 5.32 Å². The lowest BCUT2D eigenvalue weighted by Crippen LogP contribution is -2.31. The Labute approximate surface area is 123 Å². The van der Waals surface area contributed by atoms with Crippen LogP contribution in [0.3, 0.4) is 0 Å². The Morgan fingerprint density at radius 3 is 2.35 bits per heavy atom. The average Bonchev–Trinajstić information content (AvgIpc) is 2.44. The molecule has 0 bridgehead atoms. The van der Waals surface area contributed by atoms with Crippen LogP contribution in [0.1, 0.15) is 38.3 Å². The van der Waals surface area contributed by atoms with Crippen LogP contribution in [0.25, 0.3) is 0 Å². The fourth-order valence-electron chi connectivity index (χ4n) is 2.31. The highest BCUT2D eigenvalue weighted by Gasteiger charge is 2.22. The molecule has 5 heteroatoms. The SMILES string of the molecule is CCCN(CC)S(=O)(=O)c1ccc(CC)c(CNC)c1. The first-order valence-corrected chi connectivity index (χ1v) is 8.71. The van der Waals surface area contributed by atoms with Gasteiger partial charge in [-0.15, -0.1) is 0 Å².